The van der Waals surface area contributed by atoms with Crippen molar-refractivity contribution in [3.05, 3.63) is 193 Å². The molecule has 0 bridgehead atoms. The number of aromatic nitrogens is 2. The molecule has 52 heavy (non-hydrogen) atoms. The summed E-state index contributed by atoms with van der Waals surface area (Å²) >= 11 is 0. The van der Waals surface area contributed by atoms with Crippen LogP contribution in [0.3, 0.4) is 0 Å². The highest BCUT2D eigenvalue weighted by Gasteiger charge is 2.18. The average Bonchev–Trinajstić information content (AvgIpc) is 3.20. The summed E-state index contributed by atoms with van der Waals surface area (Å²) in [5.74, 6) is 0. The maximum absolute atomic E-state index is 4.66. The van der Waals surface area contributed by atoms with Crippen LogP contribution in [0.25, 0.3) is 88.6 Å². The van der Waals surface area contributed by atoms with Gasteiger partial charge in [0.1, 0.15) is 0 Å². The summed E-state index contributed by atoms with van der Waals surface area (Å²) < 4.78 is 0. The molecule has 0 N–H and O–H groups in total. The van der Waals surface area contributed by atoms with E-state index in [0.29, 0.717) is 0 Å². The molecule has 0 fully saturated rings. The van der Waals surface area contributed by atoms with Crippen molar-refractivity contribution in [2.75, 3.05) is 0 Å². The molecule has 0 saturated carbocycles. The molecule has 9 rings (SSSR count). The summed E-state index contributed by atoms with van der Waals surface area (Å²) in [5.41, 5.74) is 16.3. The van der Waals surface area contributed by atoms with Crippen molar-refractivity contribution < 1.29 is 0 Å². The first kappa shape index (κ1) is 31.3. The molecule has 2 heterocycles. The average molecular weight is 665 g/mol. The van der Waals surface area contributed by atoms with Gasteiger partial charge in [0.2, 0.25) is 0 Å². The highest BCUT2D eigenvalue weighted by molar-refractivity contribution is 6.22. The molecule has 0 unspecified atom stereocenters. The molecule has 0 saturated heterocycles. The molecule has 2 nitrogen and oxygen atoms in total. The van der Waals surface area contributed by atoms with Crippen LogP contribution in [0.2, 0.25) is 0 Å². The summed E-state index contributed by atoms with van der Waals surface area (Å²) in [7, 11) is 0. The van der Waals surface area contributed by atoms with E-state index in [9.17, 15) is 0 Å². The highest BCUT2D eigenvalue weighted by Crippen LogP contribution is 2.45. The normalized spacial score (nSPS) is 11.3. The Bertz CT molecular complexity index is 2730. The van der Waals surface area contributed by atoms with Gasteiger partial charge in [-0.25, -0.2) is 0 Å². The van der Waals surface area contributed by atoms with E-state index in [0.717, 1.165) is 22.5 Å². The lowest BCUT2D eigenvalue weighted by Gasteiger charge is -2.19. The summed E-state index contributed by atoms with van der Waals surface area (Å²) in [4.78, 5) is 9.30. The largest absolute Gasteiger partial charge is 0.256 e. The van der Waals surface area contributed by atoms with Crippen LogP contribution in [0.4, 0.5) is 0 Å². The van der Waals surface area contributed by atoms with Crippen LogP contribution >= 0.6 is 0 Å². The van der Waals surface area contributed by atoms with Gasteiger partial charge in [-0.05, 0) is 127 Å². The SMILES string of the molecule is Cc1ccnc(-c2ccc(-c3c4ccccc4c(-c4ccc(-c5cc(C)ccn5)cc4)c4cc(-c5cccc(-c6ccccc6)c5)ccc34)cc2)c1. The Morgan fingerprint density at radius 1 is 0.288 bits per heavy atom. The van der Waals surface area contributed by atoms with E-state index in [1.807, 2.05) is 24.5 Å². The number of pyridine rings is 2. The fraction of sp³-hybridized carbons (Fsp3) is 0.0400. The van der Waals surface area contributed by atoms with Gasteiger partial charge < -0.3 is 0 Å². The Labute approximate surface area is 304 Å². The third-order valence-electron chi connectivity index (χ3n) is 10.1. The van der Waals surface area contributed by atoms with E-state index in [1.165, 1.54) is 77.2 Å². The van der Waals surface area contributed by atoms with E-state index in [1.54, 1.807) is 0 Å². The summed E-state index contributed by atoms with van der Waals surface area (Å²) in [6, 6.07) is 61.5. The zero-order chi connectivity index (χ0) is 35.0. The molecule has 9 aromatic rings. The van der Waals surface area contributed by atoms with Crippen LogP contribution in [0, 0.1) is 13.8 Å². The van der Waals surface area contributed by atoms with Crippen molar-refractivity contribution in [3.63, 3.8) is 0 Å². The second kappa shape index (κ2) is 13.2. The number of aryl methyl sites for hydroxylation is 2. The van der Waals surface area contributed by atoms with Crippen LogP contribution in [0.5, 0.6) is 0 Å². The summed E-state index contributed by atoms with van der Waals surface area (Å²) in [5, 5.41) is 4.91. The molecule has 0 spiro atoms. The number of hydrogen-bond donors (Lipinski definition) is 0. The van der Waals surface area contributed by atoms with E-state index in [-0.39, 0.29) is 0 Å². The molecule has 2 heteroatoms. The van der Waals surface area contributed by atoms with Crippen LogP contribution < -0.4 is 0 Å². The number of fused-ring (bicyclic) bond motifs is 2. The number of rotatable bonds is 6. The molecule has 0 aliphatic rings. The summed E-state index contributed by atoms with van der Waals surface area (Å²) in [6.07, 6.45) is 3.77. The van der Waals surface area contributed by atoms with E-state index >= 15 is 0 Å². The van der Waals surface area contributed by atoms with E-state index in [2.05, 4.69) is 182 Å². The minimum absolute atomic E-state index is 0.988. The number of nitrogens with zero attached hydrogens (tertiary/aromatic N) is 2. The standard InChI is InChI=1S/C50H36N2/c1-33-25-27-51-47(29-33)36-15-19-38(20-16-36)49-43-13-6-7-14-44(43)50(39-21-17-37(18-22-39)48-30-34(2)26-28-52-48)46-32-42(23-24-45(46)49)41-12-8-11-40(31-41)35-9-4-3-5-10-35/h3-32H,1-2H3. The minimum atomic E-state index is 0.988. The van der Waals surface area contributed by atoms with Gasteiger partial charge in [-0.2, -0.15) is 0 Å². The van der Waals surface area contributed by atoms with Gasteiger partial charge in [-0.3, -0.25) is 9.97 Å². The Balaban J connectivity index is 1.26. The molecular weight excluding hydrogens is 629 g/mol. The van der Waals surface area contributed by atoms with Crippen LogP contribution in [0.15, 0.2) is 182 Å². The smallest absolute Gasteiger partial charge is 0.0704 e. The number of benzene rings is 7. The third kappa shape index (κ3) is 5.85. The third-order valence-corrected chi connectivity index (χ3v) is 10.1. The first-order valence-corrected chi connectivity index (χ1v) is 17.8. The van der Waals surface area contributed by atoms with Gasteiger partial charge >= 0.3 is 0 Å². The topological polar surface area (TPSA) is 25.8 Å². The maximum atomic E-state index is 4.66. The molecule has 0 aliphatic heterocycles. The lowest BCUT2D eigenvalue weighted by molar-refractivity contribution is 1.29. The molecule has 246 valence electrons. The quantitative estimate of drug-likeness (QED) is 0.165. The van der Waals surface area contributed by atoms with Crippen molar-refractivity contribution in [2.45, 2.75) is 13.8 Å². The van der Waals surface area contributed by atoms with Gasteiger partial charge in [0.25, 0.3) is 0 Å². The first-order chi connectivity index (χ1) is 25.6. The molecule has 0 aliphatic carbocycles. The molecule has 0 atom stereocenters. The molecule has 0 radical (unpaired) electrons. The molecular formula is C50H36N2. The fourth-order valence-corrected chi connectivity index (χ4v) is 7.49. The van der Waals surface area contributed by atoms with Crippen molar-refractivity contribution in [1.29, 1.82) is 0 Å². The van der Waals surface area contributed by atoms with Crippen molar-refractivity contribution in [1.82, 2.24) is 9.97 Å². The Hall–Kier alpha value is -6.64. The number of hydrogen-bond acceptors (Lipinski definition) is 2. The van der Waals surface area contributed by atoms with Crippen LogP contribution in [-0.4, -0.2) is 9.97 Å². The zero-order valence-electron chi connectivity index (χ0n) is 29.2. The predicted molar refractivity (Wildman–Crippen MR) is 219 cm³/mol. The lowest BCUT2D eigenvalue weighted by Crippen LogP contribution is -1.92. The molecule has 0 amide bonds. The second-order valence-corrected chi connectivity index (χ2v) is 13.6. The monoisotopic (exact) mass is 664 g/mol. The van der Waals surface area contributed by atoms with Crippen LogP contribution in [0.1, 0.15) is 11.1 Å². The molecule has 7 aromatic carbocycles. The molecule has 2 aromatic heterocycles. The fourth-order valence-electron chi connectivity index (χ4n) is 7.49. The minimum Gasteiger partial charge on any atom is -0.256 e. The second-order valence-electron chi connectivity index (χ2n) is 13.6. The van der Waals surface area contributed by atoms with E-state index in [4.69, 9.17) is 0 Å². The Kier molecular flexibility index (Phi) is 7.98. The highest BCUT2D eigenvalue weighted by atomic mass is 14.7. The van der Waals surface area contributed by atoms with Crippen molar-refractivity contribution in [3.8, 4) is 67.0 Å². The van der Waals surface area contributed by atoms with Crippen LogP contribution in [-0.2, 0) is 0 Å². The van der Waals surface area contributed by atoms with E-state index < -0.39 is 0 Å². The maximum Gasteiger partial charge on any atom is 0.0704 e. The predicted octanol–water partition coefficient (Wildman–Crippen LogP) is 13.4. The lowest BCUT2D eigenvalue weighted by atomic mass is 9.84. The Morgan fingerprint density at radius 3 is 1.27 bits per heavy atom. The van der Waals surface area contributed by atoms with Gasteiger partial charge in [0.15, 0.2) is 0 Å². The van der Waals surface area contributed by atoms with Crippen molar-refractivity contribution >= 4 is 21.5 Å². The van der Waals surface area contributed by atoms with Gasteiger partial charge in [-0.15, -0.1) is 0 Å². The van der Waals surface area contributed by atoms with Gasteiger partial charge in [0.05, 0.1) is 11.4 Å². The first-order valence-electron chi connectivity index (χ1n) is 17.8. The van der Waals surface area contributed by atoms with Crippen molar-refractivity contribution in [2.24, 2.45) is 0 Å². The van der Waals surface area contributed by atoms with Gasteiger partial charge in [-0.1, -0.05) is 133 Å². The van der Waals surface area contributed by atoms with Gasteiger partial charge in [0, 0.05) is 23.5 Å². The zero-order valence-corrected chi connectivity index (χ0v) is 29.2. The summed E-state index contributed by atoms with van der Waals surface area (Å²) in [6.45, 7) is 4.22. The Morgan fingerprint density at radius 2 is 0.712 bits per heavy atom.